The number of aromatic nitrogens is 1. The van der Waals surface area contributed by atoms with Crippen LogP contribution >= 0.6 is 11.6 Å². The SMILES string of the molecule is CC(C)(C)NCC(Cc1ccncc1Cl)c1ccccc1. The van der Waals surface area contributed by atoms with Crippen LogP contribution in [0.1, 0.15) is 37.8 Å². The minimum atomic E-state index is 0.106. The zero-order valence-electron chi connectivity index (χ0n) is 12.9. The fourth-order valence-electron chi connectivity index (χ4n) is 2.30. The Kier molecular flexibility index (Phi) is 5.38. The molecule has 1 unspecified atom stereocenters. The summed E-state index contributed by atoms with van der Waals surface area (Å²) in [6.45, 7) is 7.49. The Bertz CT molecular complexity index is 561. The van der Waals surface area contributed by atoms with Crippen LogP contribution in [0.25, 0.3) is 0 Å². The van der Waals surface area contributed by atoms with Crippen LogP contribution in [-0.2, 0) is 6.42 Å². The number of hydrogen-bond donors (Lipinski definition) is 1. The van der Waals surface area contributed by atoms with Crippen LogP contribution < -0.4 is 5.32 Å². The molecular formula is C18H23ClN2. The maximum atomic E-state index is 6.26. The van der Waals surface area contributed by atoms with Crippen molar-refractivity contribution < 1.29 is 0 Å². The molecule has 0 fully saturated rings. The Morgan fingerprint density at radius 1 is 1.14 bits per heavy atom. The van der Waals surface area contributed by atoms with Gasteiger partial charge in [0.05, 0.1) is 5.02 Å². The van der Waals surface area contributed by atoms with Crippen LogP contribution in [0, 0.1) is 0 Å². The second kappa shape index (κ2) is 7.06. The van der Waals surface area contributed by atoms with Gasteiger partial charge in [0, 0.05) is 30.4 Å². The van der Waals surface area contributed by atoms with Crippen molar-refractivity contribution in [2.45, 2.75) is 38.6 Å². The lowest BCUT2D eigenvalue weighted by atomic mass is 9.91. The van der Waals surface area contributed by atoms with Crippen molar-refractivity contribution in [2.24, 2.45) is 0 Å². The van der Waals surface area contributed by atoms with Gasteiger partial charge in [-0.3, -0.25) is 4.98 Å². The van der Waals surface area contributed by atoms with Crippen molar-refractivity contribution in [1.29, 1.82) is 0 Å². The number of nitrogens with one attached hydrogen (secondary N) is 1. The van der Waals surface area contributed by atoms with Crippen molar-refractivity contribution >= 4 is 11.6 Å². The molecule has 2 nitrogen and oxygen atoms in total. The van der Waals surface area contributed by atoms with E-state index in [1.165, 1.54) is 5.56 Å². The van der Waals surface area contributed by atoms with E-state index in [4.69, 9.17) is 11.6 Å². The van der Waals surface area contributed by atoms with Gasteiger partial charge in [-0.2, -0.15) is 0 Å². The van der Waals surface area contributed by atoms with Gasteiger partial charge in [-0.15, -0.1) is 0 Å². The third kappa shape index (κ3) is 5.14. The zero-order valence-corrected chi connectivity index (χ0v) is 13.7. The van der Waals surface area contributed by atoms with Crippen molar-refractivity contribution in [1.82, 2.24) is 10.3 Å². The highest BCUT2D eigenvalue weighted by Crippen LogP contribution is 2.24. The van der Waals surface area contributed by atoms with E-state index < -0.39 is 0 Å². The molecule has 3 heteroatoms. The molecule has 2 rings (SSSR count). The first kappa shape index (κ1) is 16.0. The molecule has 1 heterocycles. The molecule has 0 amide bonds. The fraction of sp³-hybridized carbons (Fsp3) is 0.389. The summed E-state index contributed by atoms with van der Waals surface area (Å²) >= 11 is 6.26. The quantitative estimate of drug-likeness (QED) is 0.882. The molecule has 0 radical (unpaired) electrons. The van der Waals surface area contributed by atoms with Crippen LogP contribution in [0.4, 0.5) is 0 Å². The average molecular weight is 303 g/mol. The normalized spacial score (nSPS) is 13.1. The van der Waals surface area contributed by atoms with Crippen LogP contribution in [-0.4, -0.2) is 17.1 Å². The second-order valence-corrected chi connectivity index (χ2v) is 6.82. The van der Waals surface area contributed by atoms with Gasteiger partial charge >= 0.3 is 0 Å². The first-order valence-electron chi connectivity index (χ1n) is 7.34. The van der Waals surface area contributed by atoms with Crippen LogP contribution in [0.2, 0.25) is 5.02 Å². The molecule has 112 valence electrons. The Morgan fingerprint density at radius 3 is 2.48 bits per heavy atom. The van der Waals surface area contributed by atoms with E-state index in [-0.39, 0.29) is 5.54 Å². The minimum Gasteiger partial charge on any atom is -0.311 e. The molecule has 0 aliphatic rings. The summed E-state index contributed by atoms with van der Waals surface area (Å²) in [5.74, 6) is 0.394. The largest absolute Gasteiger partial charge is 0.311 e. The van der Waals surface area contributed by atoms with E-state index >= 15 is 0 Å². The zero-order chi connectivity index (χ0) is 15.3. The fourth-order valence-corrected chi connectivity index (χ4v) is 2.49. The van der Waals surface area contributed by atoms with Gasteiger partial charge < -0.3 is 5.32 Å². The number of halogens is 1. The van der Waals surface area contributed by atoms with E-state index in [2.05, 4.69) is 61.4 Å². The lowest BCUT2D eigenvalue weighted by Gasteiger charge is -2.26. The maximum absolute atomic E-state index is 6.26. The number of rotatable bonds is 5. The summed E-state index contributed by atoms with van der Waals surface area (Å²) < 4.78 is 0. The van der Waals surface area contributed by atoms with Gasteiger partial charge in [-0.1, -0.05) is 41.9 Å². The molecule has 1 atom stereocenters. The van der Waals surface area contributed by atoms with Gasteiger partial charge in [0.25, 0.3) is 0 Å². The summed E-state index contributed by atoms with van der Waals surface area (Å²) in [6.07, 6.45) is 4.44. The lowest BCUT2D eigenvalue weighted by Crippen LogP contribution is -2.39. The molecule has 0 saturated heterocycles. The van der Waals surface area contributed by atoms with E-state index in [1.54, 1.807) is 12.4 Å². The molecule has 0 aliphatic heterocycles. The van der Waals surface area contributed by atoms with Crippen molar-refractivity contribution in [3.63, 3.8) is 0 Å². The highest BCUT2D eigenvalue weighted by Gasteiger charge is 2.17. The second-order valence-electron chi connectivity index (χ2n) is 6.41. The summed E-state index contributed by atoms with van der Waals surface area (Å²) in [5, 5.41) is 4.35. The standard InChI is InChI=1S/C18H23ClN2/c1-18(2,3)21-12-16(14-7-5-4-6-8-14)11-15-9-10-20-13-17(15)19/h4-10,13,16,21H,11-12H2,1-3H3. The molecule has 0 saturated carbocycles. The van der Waals surface area contributed by atoms with Crippen LogP contribution in [0.15, 0.2) is 48.8 Å². The summed E-state index contributed by atoms with van der Waals surface area (Å²) in [5.41, 5.74) is 2.59. The first-order valence-corrected chi connectivity index (χ1v) is 7.72. The number of hydrogen-bond acceptors (Lipinski definition) is 2. The summed E-state index contributed by atoms with van der Waals surface area (Å²) in [4.78, 5) is 4.06. The highest BCUT2D eigenvalue weighted by atomic mass is 35.5. The third-order valence-electron chi connectivity index (χ3n) is 3.47. The number of benzene rings is 1. The molecule has 1 aromatic carbocycles. The van der Waals surface area contributed by atoms with Gasteiger partial charge in [-0.05, 0) is 44.4 Å². The molecule has 1 N–H and O–H groups in total. The van der Waals surface area contributed by atoms with Gasteiger partial charge in [0.15, 0.2) is 0 Å². The molecule has 21 heavy (non-hydrogen) atoms. The minimum absolute atomic E-state index is 0.106. The predicted molar refractivity (Wildman–Crippen MR) is 89.9 cm³/mol. The molecular weight excluding hydrogens is 280 g/mol. The Balaban J connectivity index is 2.18. The smallest absolute Gasteiger partial charge is 0.0621 e. The molecule has 1 aromatic heterocycles. The Morgan fingerprint density at radius 2 is 1.86 bits per heavy atom. The summed E-state index contributed by atoms with van der Waals surface area (Å²) in [6, 6.07) is 12.6. The monoisotopic (exact) mass is 302 g/mol. The number of nitrogens with zero attached hydrogens (tertiary/aromatic N) is 1. The van der Waals surface area contributed by atoms with E-state index in [1.807, 2.05) is 6.07 Å². The third-order valence-corrected chi connectivity index (χ3v) is 3.81. The van der Waals surface area contributed by atoms with E-state index in [9.17, 15) is 0 Å². The van der Waals surface area contributed by atoms with Crippen LogP contribution in [0.3, 0.4) is 0 Å². The van der Waals surface area contributed by atoms with Crippen molar-refractivity contribution in [2.75, 3.05) is 6.54 Å². The highest BCUT2D eigenvalue weighted by molar-refractivity contribution is 6.31. The lowest BCUT2D eigenvalue weighted by molar-refractivity contribution is 0.405. The maximum Gasteiger partial charge on any atom is 0.0621 e. The average Bonchev–Trinajstić information content (AvgIpc) is 2.45. The Hall–Kier alpha value is -1.38. The van der Waals surface area contributed by atoms with Gasteiger partial charge in [0.2, 0.25) is 0 Å². The van der Waals surface area contributed by atoms with Gasteiger partial charge in [0.1, 0.15) is 0 Å². The van der Waals surface area contributed by atoms with E-state index in [0.717, 1.165) is 23.6 Å². The molecule has 2 aromatic rings. The van der Waals surface area contributed by atoms with Crippen molar-refractivity contribution in [3.8, 4) is 0 Å². The first-order chi connectivity index (χ1) is 9.96. The Labute approximate surface area is 132 Å². The van der Waals surface area contributed by atoms with Gasteiger partial charge in [-0.25, -0.2) is 0 Å². The molecule has 0 spiro atoms. The van der Waals surface area contributed by atoms with E-state index in [0.29, 0.717) is 5.92 Å². The molecule has 0 aliphatic carbocycles. The van der Waals surface area contributed by atoms with Crippen molar-refractivity contribution in [3.05, 3.63) is 64.9 Å². The summed E-state index contributed by atoms with van der Waals surface area (Å²) in [7, 11) is 0. The molecule has 0 bridgehead atoms. The van der Waals surface area contributed by atoms with Crippen LogP contribution in [0.5, 0.6) is 0 Å². The number of pyridine rings is 1. The predicted octanol–water partition coefficient (Wildman–Crippen LogP) is 4.45. The topological polar surface area (TPSA) is 24.9 Å².